The molecule has 0 heterocycles. The third kappa shape index (κ3) is 4.81. The zero-order chi connectivity index (χ0) is 12.2. The molecule has 0 aliphatic carbocycles. The fourth-order valence-corrected chi connectivity index (χ4v) is 1.65. The van der Waals surface area contributed by atoms with E-state index >= 15 is 0 Å². The highest BCUT2D eigenvalue weighted by molar-refractivity contribution is 7.86. The van der Waals surface area contributed by atoms with Crippen molar-refractivity contribution >= 4 is 34.7 Å². The first kappa shape index (κ1) is 15.4. The topological polar surface area (TPSA) is 131 Å². The smallest absolute Gasteiger partial charge is 0.295 e. The number of rotatable bonds is 3. The molecule has 0 unspecified atom stereocenters. The van der Waals surface area contributed by atoms with Crippen molar-refractivity contribution in [1.82, 2.24) is 0 Å². The van der Waals surface area contributed by atoms with Crippen LogP contribution < -0.4 is 11.5 Å². The third-order valence-corrected chi connectivity index (χ3v) is 2.49. The molecule has 1 aromatic rings. The normalized spacial score (nSPS) is 10.9. The molecule has 0 aromatic heterocycles. The molecule has 17 heavy (non-hydrogen) atoms. The molecule has 5 N–H and O–H groups in total. The molecule has 0 saturated carbocycles. The summed E-state index contributed by atoms with van der Waals surface area (Å²) in [6.07, 6.45) is 1.13. The number of nitrogens with two attached hydrogens (primary N) is 2. The summed E-state index contributed by atoms with van der Waals surface area (Å²) in [5.74, 6) is -0.249. The second-order valence-corrected chi connectivity index (χ2v) is 4.17. The summed E-state index contributed by atoms with van der Waals surface area (Å²) in [6, 6.07) is 5.76. The lowest BCUT2D eigenvalue weighted by Crippen LogP contribution is -2.21. The summed E-state index contributed by atoms with van der Waals surface area (Å²) < 4.78 is 30.8. The second-order valence-electron chi connectivity index (χ2n) is 2.78. The Morgan fingerprint density at radius 2 is 1.88 bits per heavy atom. The zero-order valence-electron chi connectivity index (χ0n) is 8.52. The van der Waals surface area contributed by atoms with Gasteiger partial charge in [0.05, 0.1) is 6.21 Å². The van der Waals surface area contributed by atoms with Crippen molar-refractivity contribution in [3.63, 3.8) is 0 Å². The molecule has 9 heteroatoms. The maximum absolute atomic E-state index is 11.0. The molecule has 1 aromatic carbocycles. The van der Waals surface area contributed by atoms with Gasteiger partial charge in [0.1, 0.15) is 4.90 Å². The quantitative estimate of drug-likeness (QED) is 0.309. The fraction of sp³-hybridized carbons (Fsp3) is 0. The number of hydrogen-bond acceptors (Lipinski definition) is 4. The second kappa shape index (κ2) is 6.18. The molecule has 0 aliphatic heterocycles. The lowest BCUT2D eigenvalue weighted by Gasteiger charge is -2.00. The lowest BCUT2D eigenvalue weighted by atomic mass is 10.2. The van der Waals surface area contributed by atoms with Crippen LogP contribution in [-0.2, 0) is 10.1 Å². The minimum atomic E-state index is -4.29. The summed E-state index contributed by atoms with van der Waals surface area (Å²) in [4.78, 5) is -0.260. The van der Waals surface area contributed by atoms with Gasteiger partial charge in [-0.2, -0.15) is 13.5 Å². The number of nitrogens with zero attached hydrogens (tertiary/aromatic N) is 2. The first-order chi connectivity index (χ1) is 7.41. The van der Waals surface area contributed by atoms with Crippen LogP contribution in [0.3, 0.4) is 0 Å². The van der Waals surface area contributed by atoms with Crippen molar-refractivity contribution in [2.75, 3.05) is 0 Å². The molecule has 0 fully saturated rings. The van der Waals surface area contributed by atoms with Crippen molar-refractivity contribution in [3.8, 4) is 0 Å². The Morgan fingerprint density at radius 3 is 2.41 bits per heavy atom. The van der Waals surface area contributed by atoms with Gasteiger partial charge >= 0.3 is 0 Å². The molecule has 0 spiro atoms. The van der Waals surface area contributed by atoms with E-state index < -0.39 is 10.1 Å². The van der Waals surface area contributed by atoms with Crippen LogP contribution in [0.15, 0.2) is 39.4 Å². The van der Waals surface area contributed by atoms with Crippen LogP contribution in [0.1, 0.15) is 5.56 Å². The van der Waals surface area contributed by atoms with Crippen molar-refractivity contribution in [3.05, 3.63) is 29.8 Å². The van der Waals surface area contributed by atoms with Gasteiger partial charge in [-0.25, -0.2) is 0 Å². The van der Waals surface area contributed by atoms with Gasteiger partial charge in [-0.15, -0.1) is 17.5 Å². The summed E-state index contributed by atoms with van der Waals surface area (Å²) in [6.45, 7) is 0. The molecule has 0 aliphatic rings. The van der Waals surface area contributed by atoms with E-state index in [-0.39, 0.29) is 28.8 Å². The molecular formula is C8H11ClN4O3S. The molecule has 0 saturated heterocycles. The van der Waals surface area contributed by atoms with Crippen molar-refractivity contribution < 1.29 is 13.0 Å². The molecule has 1 rings (SSSR count). The first-order valence-corrected chi connectivity index (χ1v) is 5.54. The molecule has 7 nitrogen and oxygen atoms in total. The Bertz CT molecular complexity index is 537. The SMILES string of the molecule is Cl.NC(N)=NN=Cc1ccccc1S(=O)(=O)O. The van der Waals surface area contributed by atoms with Crippen LogP contribution in [0.2, 0.25) is 0 Å². The zero-order valence-corrected chi connectivity index (χ0v) is 10.1. The van der Waals surface area contributed by atoms with Gasteiger partial charge in [0, 0.05) is 5.56 Å². The van der Waals surface area contributed by atoms with E-state index in [2.05, 4.69) is 10.2 Å². The Labute approximate surface area is 104 Å². The van der Waals surface area contributed by atoms with E-state index in [0.29, 0.717) is 0 Å². The van der Waals surface area contributed by atoms with Crippen LogP contribution in [0.5, 0.6) is 0 Å². The number of benzene rings is 1. The maximum atomic E-state index is 11.0. The summed E-state index contributed by atoms with van der Waals surface area (Å²) in [7, 11) is -4.29. The average molecular weight is 279 g/mol. The summed E-state index contributed by atoms with van der Waals surface area (Å²) in [5, 5.41) is 6.76. The standard InChI is InChI=1S/C8H10N4O3S.ClH/c9-8(10)12-11-5-6-3-1-2-4-7(6)16(13,14)15;/h1-5H,(H4,9,10,12)(H,13,14,15);1H. The van der Waals surface area contributed by atoms with E-state index in [0.717, 1.165) is 6.21 Å². The summed E-state index contributed by atoms with van der Waals surface area (Å²) in [5.41, 5.74) is 10.2. The van der Waals surface area contributed by atoms with Gasteiger partial charge in [0.25, 0.3) is 10.1 Å². The molecular weight excluding hydrogens is 268 g/mol. The van der Waals surface area contributed by atoms with E-state index in [1.54, 1.807) is 6.07 Å². The highest BCUT2D eigenvalue weighted by atomic mass is 35.5. The Morgan fingerprint density at radius 1 is 1.29 bits per heavy atom. The van der Waals surface area contributed by atoms with Crippen molar-refractivity contribution in [2.24, 2.45) is 21.7 Å². The Kier molecular flexibility index (Phi) is 5.59. The van der Waals surface area contributed by atoms with Gasteiger partial charge < -0.3 is 11.5 Å². The van der Waals surface area contributed by atoms with Gasteiger partial charge in [-0.05, 0) is 6.07 Å². The van der Waals surface area contributed by atoms with E-state index in [9.17, 15) is 8.42 Å². The predicted octanol–water partition coefficient (Wildman–Crippen LogP) is -0.0376. The van der Waals surface area contributed by atoms with Crippen LogP contribution in [0.4, 0.5) is 0 Å². The number of guanidine groups is 1. The third-order valence-electron chi connectivity index (χ3n) is 1.57. The van der Waals surface area contributed by atoms with E-state index in [1.807, 2.05) is 0 Å². The molecule has 0 atom stereocenters. The Balaban J connectivity index is 0.00000256. The average Bonchev–Trinajstić information content (AvgIpc) is 2.16. The van der Waals surface area contributed by atoms with Crippen molar-refractivity contribution in [2.45, 2.75) is 4.90 Å². The van der Waals surface area contributed by atoms with E-state index in [1.165, 1.54) is 18.2 Å². The highest BCUT2D eigenvalue weighted by Crippen LogP contribution is 2.12. The molecule has 0 amide bonds. The van der Waals surface area contributed by atoms with Crippen LogP contribution in [0, 0.1) is 0 Å². The minimum Gasteiger partial charge on any atom is -0.369 e. The highest BCUT2D eigenvalue weighted by Gasteiger charge is 2.12. The van der Waals surface area contributed by atoms with Crippen LogP contribution in [-0.4, -0.2) is 25.1 Å². The fourth-order valence-electron chi connectivity index (χ4n) is 0.980. The van der Waals surface area contributed by atoms with Gasteiger partial charge in [0.15, 0.2) is 0 Å². The van der Waals surface area contributed by atoms with Gasteiger partial charge in [0.2, 0.25) is 5.96 Å². The molecule has 0 radical (unpaired) electrons. The van der Waals surface area contributed by atoms with Crippen molar-refractivity contribution in [1.29, 1.82) is 0 Å². The maximum Gasteiger partial charge on any atom is 0.295 e. The molecule has 0 bridgehead atoms. The van der Waals surface area contributed by atoms with Crippen LogP contribution in [0.25, 0.3) is 0 Å². The number of hydrogen-bond donors (Lipinski definition) is 3. The van der Waals surface area contributed by atoms with Gasteiger partial charge in [-0.3, -0.25) is 4.55 Å². The Hall–Kier alpha value is -1.64. The predicted molar refractivity (Wildman–Crippen MR) is 66.9 cm³/mol. The molecule has 94 valence electrons. The first-order valence-electron chi connectivity index (χ1n) is 4.10. The largest absolute Gasteiger partial charge is 0.369 e. The van der Waals surface area contributed by atoms with Crippen LogP contribution >= 0.6 is 12.4 Å². The minimum absolute atomic E-state index is 0. The summed E-state index contributed by atoms with van der Waals surface area (Å²) >= 11 is 0. The van der Waals surface area contributed by atoms with E-state index in [4.69, 9.17) is 16.0 Å². The lowest BCUT2D eigenvalue weighted by molar-refractivity contribution is 0.483. The number of halogens is 1. The van der Waals surface area contributed by atoms with Gasteiger partial charge in [-0.1, -0.05) is 18.2 Å². The monoisotopic (exact) mass is 278 g/mol.